The summed E-state index contributed by atoms with van der Waals surface area (Å²) in [6.45, 7) is 0.400. The van der Waals surface area contributed by atoms with Gasteiger partial charge in [-0.3, -0.25) is 4.79 Å². The molecule has 0 aliphatic carbocycles. The van der Waals surface area contributed by atoms with E-state index in [9.17, 15) is 17.6 Å². The van der Waals surface area contributed by atoms with Crippen LogP contribution in [-0.4, -0.2) is 27.5 Å². The van der Waals surface area contributed by atoms with E-state index in [4.69, 9.17) is 4.74 Å². The first kappa shape index (κ1) is 21.0. The van der Waals surface area contributed by atoms with Crippen LogP contribution in [0.15, 0.2) is 70.9 Å². The second-order valence-corrected chi connectivity index (χ2v) is 8.77. The Bertz CT molecular complexity index is 1070. The lowest BCUT2D eigenvalue weighted by Crippen LogP contribution is -2.28. The van der Waals surface area contributed by atoms with Gasteiger partial charge in [0.15, 0.2) is 11.6 Å². The summed E-state index contributed by atoms with van der Waals surface area (Å²) in [5.74, 6) is -0.823. The van der Waals surface area contributed by atoms with Crippen LogP contribution in [0.1, 0.15) is 15.2 Å². The summed E-state index contributed by atoms with van der Waals surface area (Å²) in [6, 6.07) is 15.4. The highest BCUT2D eigenvalue weighted by atomic mass is 32.2. The third-order valence-corrected chi connectivity index (χ3v) is 6.18. The van der Waals surface area contributed by atoms with E-state index in [2.05, 4.69) is 10.0 Å². The zero-order valence-corrected chi connectivity index (χ0v) is 16.9. The van der Waals surface area contributed by atoms with Crippen LogP contribution in [0.2, 0.25) is 0 Å². The second kappa shape index (κ2) is 9.64. The standard InChI is InChI=1S/C20H19FN2O4S2/c21-18-8-1-2-9-19(18)27-11-10-22-20(24)15-5-3-7-17(13-15)29(25,26)23-14-16-6-4-12-28-16/h1-9,12-13,23H,10-11,14H2,(H,22,24). The average molecular weight is 435 g/mol. The van der Waals surface area contributed by atoms with E-state index in [0.717, 1.165) is 4.88 Å². The Morgan fingerprint density at radius 2 is 1.90 bits per heavy atom. The number of thiophene rings is 1. The summed E-state index contributed by atoms with van der Waals surface area (Å²) in [5, 5.41) is 4.49. The molecule has 1 amide bonds. The van der Waals surface area contributed by atoms with Crippen molar-refractivity contribution < 1.29 is 22.3 Å². The Labute approximate surface area is 172 Å². The van der Waals surface area contributed by atoms with Crippen molar-refractivity contribution in [3.05, 3.63) is 82.3 Å². The Hall–Kier alpha value is -2.75. The molecule has 152 valence electrons. The molecule has 0 saturated heterocycles. The lowest BCUT2D eigenvalue weighted by molar-refractivity contribution is 0.0946. The normalized spacial score (nSPS) is 11.2. The van der Waals surface area contributed by atoms with Crippen LogP contribution in [0.3, 0.4) is 0 Å². The van der Waals surface area contributed by atoms with Crippen LogP contribution in [0.4, 0.5) is 4.39 Å². The topological polar surface area (TPSA) is 84.5 Å². The maximum absolute atomic E-state index is 13.5. The molecule has 1 aromatic heterocycles. The van der Waals surface area contributed by atoms with Crippen LogP contribution in [-0.2, 0) is 16.6 Å². The van der Waals surface area contributed by atoms with E-state index in [0.29, 0.717) is 0 Å². The van der Waals surface area contributed by atoms with Crippen molar-refractivity contribution in [3.8, 4) is 5.75 Å². The fourth-order valence-corrected chi connectivity index (χ4v) is 4.24. The van der Waals surface area contributed by atoms with E-state index in [1.807, 2.05) is 17.5 Å². The predicted octanol–water partition coefficient (Wildman–Crippen LogP) is 3.17. The minimum Gasteiger partial charge on any atom is -0.489 e. The van der Waals surface area contributed by atoms with Gasteiger partial charge in [-0.15, -0.1) is 11.3 Å². The Morgan fingerprint density at radius 1 is 1.07 bits per heavy atom. The number of carbonyl (C=O) groups excluding carboxylic acids is 1. The van der Waals surface area contributed by atoms with Crippen molar-refractivity contribution in [1.82, 2.24) is 10.0 Å². The van der Waals surface area contributed by atoms with Gasteiger partial charge in [0.25, 0.3) is 5.91 Å². The molecule has 29 heavy (non-hydrogen) atoms. The van der Waals surface area contributed by atoms with Crippen LogP contribution in [0.5, 0.6) is 5.75 Å². The highest BCUT2D eigenvalue weighted by Gasteiger charge is 2.16. The number of hydrogen-bond donors (Lipinski definition) is 2. The minimum atomic E-state index is -3.75. The van der Waals surface area contributed by atoms with E-state index in [1.165, 1.54) is 47.7 Å². The summed E-state index contributed by atoms with van der Waals surface area (Å²) >= 11 is 1.45. The summed E-state index contributed by atoms with van der Waals surface area (Å²) in [6.07, 6.45) is 0. The fraction of sp³-hybridized carbons (Fsp3) is 0.150. The lowest BCUT2D eigenvalue weighted by atomic mass is 10.2. The lowest BCUT2D eigenvalue weighted by Gasteiger charge is -2.10. The summed E-state index contributed by atoms with van der Waals surface area (Å²) in [4.78, 5) is 13.2. The summed E-state index contributed by atoms with van der Waals surface area (Å²) < 4.78 is 46.2. The molecular formula is C20H19FN2O4S2. The highest BCUT2D eigenvalue weighted by molar-refractivity contribution is 7.89. The summed E-state index contributed by atoms with van der Waals surface area (Å²) in [5.41, 5.74) is 0.204. The zero-order valence-electron chi connectivity index (χ0n) is 15.3. The first-order valence-corrected chi connectivity index (χ1v) is 11.1. The third-order valence-electron chi connectivity index (χ3n) is 3.90. The number of halogens is 1. The quantitative estimate of drug-likeness (QED) is 0.507. The van der Waals surface area contributed by atoms with Gasteiger partial charge in [-0.1, -0.05) is 24.3 Å². The van der Waals surface area contributed by atoms with E-state index < -0.39 is 21.7 Å². The van der Waals surface area contributed by atoms with Gasteiger partial charge in [0.05, 0.1) is 11.4 Å². The number of carbonyl (C=O) groups is 1. The maximum atomic E-state index is 13.5. The Morgan fingerprint density at radius 3 is 2.66 bits per heavy atom. The second-order valence-electron chi connectivity index (χ2n) is 5.97. The van der Waals surface area contributed by atoms with Crippen molar-refractivity contribution >= 4 is 27.3 Å². The van der Waals surface area contributed by atoms with Gasteiger partial charge in [-0.25, -0.2) is 17.5 Å². The predicted molar refractivity (Wildman–Crippen MR) is 109 cm³/mol. The van der Waals surface area contributed by atoms with Gasteiger partial charge in [0.1, 0.15) is 6.61 Å². The maximum Gasteiger partial charge on any atom is 0.251 e. The number of ether oxygens (including phenoxy) is 1. The van der Waals surface area contributed by atoms with Gasteiger partial charge in [-0.05, 0) is 41.8 Å². The van der Waals surface area contributed by atoms with Gasteiger partial charge in [0.2, 0.25) is 10.0 Å². The molecule has 0 saturated carbocycles. The van der Waals surface area contributed by atoms with Crippen molar-refractivity contribution in [1.29, 1.82) is 0 Å². The van der Waals surface area contributed by atoms with Crippen molar-refractivity contribution in [2.45, 2.75) is 11.4 Å². The van der Waals surface area contributed by atoms with Gasteiger partial charge < -0.3 is 10.1 Å². The Balaban J connectivity index is 1.55. The molecule has 3 aromatic rings. The minimum absolute atomic E-state index is 0.00399. The largest absolute Gasteiger partial charge is 0.489 e. The van der Waals surface area contributed by atoms with Crippen molar-refractivity contribution in [2.75, 3.05) is 13.2 Å². The number of rotatable bonds is 9. The molecule has 1 heterocycles. The van der Waals surface area contributed by atoms with Gasteiger partial charge in [0, 0.05) is 17.0 Å². The molecule has 0 fully saturated rings. The number of nitrogens with one attached hydrogen (secondary N) is 2. The molecule has 0 atom stereocenters. The zero-order chi connectivity index (χ0) is 20.7. The molecule has 0 aliphatic heterocycles. The van der Waals surface area contributed by atoms with Crippen molar-refractivity contribution in [2.24, 2.45) is 0 Å². The van der Waals surface area contributed by atoms with E-state index in [-0.39, 0.29) is 35.9 Å². The van der Waals surface area contributed by atoms with Crippen molar-refractivity contribution in [3.63, 3.8) is 0 Å². The monoisotopic (exact) mass is 434 g/mol. The average Bonchev–Trinajstić information content (AvgIpc) is 3.25. The molecule has 2 aromatic carbocycles. The smallest absolute Gasteiger partial charge is 0.251 e. The van der Waals surface area contributed by atoms with Crippen LogP contribution < -0.4 is 14.8 Å². The van der Waals surface area contributed by atoms with Crippen LogP contribution >= 0.6 is 11.3 Å². The molecule has 0 unspecified atom stereocenters. The fourth-order valence-electron chi connectivity index (χ4n) is 2.46. The number of hydrogen-bond acceptors (Lipinski definition) is 5. The SMILES string of the molecule is O=C(NCCOc1ccccc1F)c1cccc(S(=O)(=O)NCc2cccs2)c1. The molecule has 2 N–H and O–H groups in total. The van der Waals surface area contributed by atoms with E-state index in [1.54, 1.807) is 12.1 Å². The summed E-state index contributed by atoms with van der Waals surface area (Å²) in [7, 11) is -3.75. The molecule has 6 nitrogen and oxygen atoms in total. The number of amides is 1. The molecule has 9 heteroatoms. The highest BCUT2D eigenvalue weighted by Crippen LogP contribution is 2.15. The first-order valence-electron chi connectivity index (χ1n) is 8.73. The third kappa shape index (κ3) is 5.86. The van der Waals surface area contributed by atoms with Gasteiger partial charge >= 0.3 is 0 Å². The van der Waals surface area contributed by atoms with E-state index >= 15 is 0 Å². The number of benzene rings is 2. The first-order chi connectivity index (χ1) is 14.0. The molecule has 3 rings (SSSR count). The van der Waals surface area contributed by atoms with Gasteiger partial charge in [-0.2, -0.15) is 0 Å². The number of sulfonamides is 1. The van der Waals surface area contributed by atoms with Crippen LogP contribution in [0.25, 0.3) is 0 Å². The number of para-hydroxylation sites is 1. The van der Waals surface area contributed by atoms with Crippen LogP contribution in [0, 0.1) is 5.82 Å². The molecule has 0 aliphatic rings. The molecule has 0 radical (unpaired) electrons. The molecule has 0 spiro atoms. The molecule has 0 bridgehead atoms. The Kier molecular flexibility index (Phi) is 6.97. The molecular weight excluding hydrogens is 415 g/mol.